The molecule has 0 unspecified atom stereocenters. The van der Waals surface area contributed by atoms with E-state index in [2.05, 4.69) is 15.3 Å². The van der Waals surface area contributed by atoms with Gasteiger partial charge < -0.3 is 10.3 Å². The third-order valence-electron chi connectivity index (χ3n) is 2.90. The molecule has 3 aromatic rings. The lowest BCUT2D eigenvalue weighted by molar-refractivity contribution is 0.102. The van der Waals surface area contributed by atoms with Gasteiger partial charge in [-0.2, -0.15) is 0 Å². The van der Waals surface area contributed by atoms with E-state index in [1.54, 1.807) is 42.6 Å². The van der Waals surface area contributed by atoms with E-state index in [4.69, 9.17) is 0 Å². The van der Waals surface area contributed by atoms with Crippen LogP contribution in [-0.4, -0.2) is 15.9 Å². The van der Waals surface area contributed by atoms with Crippen LogP contribution in [0.3, 0.4) is 0 Å². The van der Waals surface area contributed by atoms with Crippen molar-refractivity contribution in [1.29, 1.82) is 0 Å². The molecule has 1 amide bonds. The Morgan fingerprint density at radius 1 is 1.10 bits per heavy atom. The summed E-state index contributed by atoms with van der Waals surface area (Å²) in [5, 5.41) is 3.37. The van der Waals surface area contributed by atoms with E-state index >= 15 is 0 Å². The molecule has 0 spiro atoms. The minimum Gasteiger partial charge on any atom is -0.317 e. The van der Waals surface area contributed by atoms with E-state index in [1.165, 1.54) is 0 Å². The van der Waals surface area contributed by atoms with Crippen LogP contribution in [0.15, 0.2) is 59.5 Å². The van der Waals surface area contributed by atoms with Crippen molar-refractivity contribution >= 4 is 22.6 Å². The second-order valence-corrected chi connectivity index (χ2v) is 4.27. The van der Waals surface area contributed by atoms with Crippen LogP contribution in [-0.2, 0) is 0 Å². The Morgan fingerprint density at radius 3 is 2.70 bits per heavy atom. The molecule has 0 atom stereocenters. The van der Waals surface area contributed by atoms with Gasteiger partial charge in [0.2, 0.25) is 0 Å². The number of nitrogens with zero attached hydrogens (tertiary/aromatic N) is 1. The van der Waals surface area contributed by atoms with Gasteiger partial charge in [-0.25, -0.2) is 4.98 Å². The third kappa shape index (κ3) is 2.29. The highest BCUT2D eigenvalue weighted by atomic mass is 16.2. The molecule has 3 rings (SSSR count). The Hall–Kier alpha value is -2.95. The highest BCUT2D eigenvalue weighted by Crippen LogP contribution is 2.11. The molecule has 5 heteroatoms. The molecule has 0 aliphatic rings. The number of H-pyrrole nitrogens is 1. The van der Waals surface area contributed by atoms with Gasteiger partial charge >= 0.3 is 0 Å². The van der Waals surface area contributed by atoms with Crippen molar-refractivity contribution in [1.82, 2.24) is 9.97 Å². The Morgan fingerprint density at radius 2 is 1.90 bits per heavy atom. The lowest BCUT2D eigenvalue weighted by Crippen LogP contribution is -2.19. The lowest BCUT2D eigenvalue weighted by Gasteiger charge is -2.05. The van der Waals surface area contributed by atoms with E-state index < -0.39 is 0 Å². The Kier molecular flexibility index (Phi) is 3.01. The minimum atomic E-state index is -0.375. The summed E-state index contributed by atoms with van der Waals surface area (Å²) in [6.45, 7) is 0. The van der Waals surface area contributed by atoms with Crippen molar-refractivity contribution in [2.45, 2.75) is 0 Å². The largest absolute Gasteiger partial charge is 0.317 e. The molecular formula is C15H11N3O2. The van der Waals surface area contributed by atoms with Crippen molar-refractivity contribution in [3.05, 3.63) is 70.6 Å². The zero-order valence-corrected chi connectivity index (χ0v) is 10.5. The van der Waals surface area contributed by atoms with Crippen LogP contribution in [0.5, 0.6) is 0 Å². The van der Waals surface area contributed by atoms with Crippen LogP contribution in [0.1, 0.15) is 10.4 Å². The number of nitrogens with one attached hydrogen (secondary N) is 2. The Bertz CT molecular complexity index is 825. The Balaban J connectivity index is 1.97. The smallest absolute Gasteiger partial charge is 0.273 e. The fourth-order valence-corrected chi connectivity index (χ4v) is 1.91. The highest BCUT2D eigenvalue weighted by molar-refractivity contribution is 6.04. The van der Waals surface area contributed by atoms with E-state index in [0.29, 0.717) is 11.2 Å². The maximum atomic E-state index is 12.0. The van der Waals surface area contributed by atoms with Gasteiger partial charge in [-0.05, 0) is 30.3 Å². The van der Waals surface area contributed by atoms with Gasteiger partial charge in [0, 0.05) is 17.1 Å². The zero-order valence-electron chi connectivity index (χ0n) is 10.5. The fraction of sp³-hybridized carbons (Fsp3) is 0. The van der Waals surface area contributed by atoms with Crippen LogP contribution >= 0.6 is 0 Å². The van der Waals surface area contributed by atoms with Crippen LogP contribution in [0, 0.1) is 0 Å². The quantitative estimate of drug-likeness (QED) is 0.745. The maximum absolute atomic E-state index is 12.0. The number of carbonyl (C=O) groups is 1. The molecular weight excluding hydrogens is 254 g/mol. The molecule has 0 fully saturated rings. The predicted octanol–water partition coefficient (Wildman–Crippen LogP) is 2.18. The molecule has 5 nitrogen and oxygen atoms in total. The van der Waals surface area contributed by atoms with Gasteiger partial charge in [-0.3, -0.25) is 9.59 Å². The number of rotatable bonds is 2. The molecule has 2 heterocycles. The van der Waals surface area contributed by atoms with Gasteiger partial charge in [0.15, 0.2) is 0 Å². The standard InChI is InChI=1S/C15H11N3O2/c19-14(10-5-2-1-3-6-10)17-12-9-11-7-4-8-16-13(11)18-15(12)20/h1-9H,(H,17,19)(H,16,18,20). The molecule has 0 saturated heterocycles. The molecule has 0 bridgehead atoms. The molecule has 20 heavy (non-hydrogen) atoms. The molecule has 2 aromatic heterocycles. The number of anilines is 1. The number of amides is 1. The van der Waals surface area contributed by atoms with E-state index in [1.807, 2.05) is 12.1 Å². The lowest BCUT2D eigenvalue weighted by atomic mass is 10.2. The van der Waals surface area contributed by atoms with Crippen LogP contribution in [0.4, 0.5) is 5.69 Å². The number of aromatic amines is 1. The van der Waals surface area contributed by atoms with Crippen molar-refractivity contribution in [3.63, 3.8) is 0 Å². The molecule has 98 valence electrons. The van der Waals surface area contributed by atoms with Crippen LogP contribution < -0.4 is 10.9 Å². The summed E-state index contributed by atoms with van der Waals surface area (Å²) in [6.07, 6.45) is 1.60. The first-order valence-electron chi connectivity index (χ1n) is 6.08. The van der Waals surface area contributed by atoms with Crippen LogP contribution in [0.2, 0.25) is 0 Å². The topological polar surface area (TPSA) is 74.8 Å². The van der Waals surface area contributed by atoms with Crippen molar-refractivity contribution in [3.8, 4) is 0 Å². The van der Waals surface area contributed by atoms with Crippen LogP contribution in [0.25, 0.3) is 11.0 Å². The predicted molar refractivity (Wildman–Crippen MR) is 76.8 cm³/mol. The van der Waals surface area contributed by atoms with Crippen molar-refractivity contribution in [2.75, 3.05) is 5.32 Å². The summed E-state index contributed by atoms with van der Waals surface area (Å²) in [4.78, 5) is 30.6. The Labute approximate surface area is 114 Å². The number of aromatic nitrogens is 2. The summed E-state index contributed by atoms with van der Waals surface area (Å²) in [7, 11) is 0. The number of carbonyl (C=O) groups excluding carboxylic acids is 1. The molecule has 0 aliphatic carbocycles. The van der Waals surface area contributed by atoms with Gasteiger partial charge in [-0.1, -0.05) is 18.2 Å². The molecule has 0 saturated carbocycles. The van der Waals surface area contributed by atoms with Gasteiger partial charge in [0.25, 0.3) is 11.5 Å². The second-order valence-electron chi connectivity index (χ2n) is 4.27. The van der Waals surface area contributed by atoms with E-state index in [9.17, 15) is 9.59 Å². The summed E-state index contributed by atoms with van der Waals surface area (Å²) >= 11 is 0. The highest BCUT2D eigenvalue weighted by Gasteiger charge is 2.09. The monoisotopic (exact) mass is 265 g/mol. The van der Waals surface area contributed by atoms with E-state index in [0.717, 1.165) is 5.39 Å². The molecule has 1 aromatic carbocycles. The average molecular weight is 265 g/mol. The van der Waals surface area contributed by atoms with Crippen molar-refractivity contribution < 1.29 is 4.79 Å². The van der Waals surface area contributed by atoms with Gasteiger partial charge in [0.1, 0.15) is 11.3 Å². The van der Waals surface area contributed by atoms with Gasteiger partial charge in [0.05, 0.1) is 0 Å². The number of benzene rings is 1. The summed E-state index contributed by atoms with van der Waals surface area (Å²) in [5.41, 5.74) is 0.827. The van der Waals surface area contributed by atoms with E-state index in [-0.39, 0.29) is 17.2 Å². The first kappa shape index (κ1) is 12.1. The normalized spacial score (nSPS) is 10.4. The first-order valence-corrected chi connectivity index (χ1v) is 6.08. The third-order valence-corrected chi connectivity index (χ3v) is 2.90. The van der Waals surface area contributed by atoms with Gasteiger partial charge in [-0.15, -0.1) is 0 Å². The van der Waals surface area contributed by atoms with Crippen molar-refractivity contribution in [2.24, 2.45) is 0 Å². The molecule has 0 radical (unpaired) electrons. The fourth-order valence-electron chi connectivity index (χ4n) is 1.91. The number of fused-ring (bicyclic) bond motifs is 1. The summed E-state index contributed by atoms with van der Waals surface area (Å²) in [6, 6.07) is 13.9. The first-order chi connectivity index (χ1) is 9.74. The number of hydrogen-bond acceptors (Lipinski definition) is 3. The molecule has 0 aliphatic heterocycles. The minimum absolute atomic E-state index is 0.208. The number of hydrogen-bond donors (Lipinski definition) is 2. The average Bonchev–Trinajstić information content (AvgIpc) is 2.49. The SMILES string of the molecule is O=C(Nc1cc2cccnc2[nH]c1=O)c1ccccc1. The molecule has 2 N–H and O–H groups in total. The maximum Gasteiger partial charge on any atom is 0.273 e. The summed E-state index contributed by atoms with van der Waals surface area (Å²) < 4.78 is 0. The summed E-state index contributed by atoms with van der Waals surface area (Å²) in [5.74, 6) is -0.320. The number of pyridine rings is 2. The second kappa shape index (κ2) is 4.97. The zero-order chi connectivity index (χ0) is 13.9.